The van der Waals surface area contributed by atoms with Gasteiger partial charge in [0.2, 0.25) is 5.91 Å². The zero-order valence-electron chi connectivity index (χ0n) is 11.5. The van der Waals surface area contributed by atoms with Crippen LogP contribution >= 0.6 is 11.8 Å². The van der Waals surface area contributed by atoms with Crippen molar-refractivity contribution in [3.05, 3.63) is 35.9 Å². The molecule has 104 valence electrons. The average Bonchev–Trinajstić information content (AvgIpc) is 2.98. The summed E-state index contributed by atoms with van der Waals surface area (Å²) in [6.07, 6.45) is 6.60. The second-order valence-corrected chi connectivity index (χ2v) is 6.17. The number of thioether (sulfide) groups is 1. The third-order valence-electron chi connectivity index (χ3n) is 3.55. The summed E-state index contributed by atoms with van der Waals surface area (Å²) in [5, 5.41) is 0. The van der Waals surface area contributed by atoms with E-state index in [4.69, 9.17) is 0 Å². The van der Waals surface area contributed by atoms with Gasteiger partial charge < -0.3 is 4.90 Å². The van der Waals surface area contributed by atoms with Crippen LogP contribution in [0.2, 0.25) is 0 Å². The maximum Gasteiger partial charge on any atom is 0.223 e. The van der Waals surface area contributed by atoms with Crippen molar-refractivity contribution < 1.29 is 4.79 Å². The Bertz CT molecular complexity index is 374. The molecule has 0 unspecified atom stereocenters. The van der Waals surface area contributed by atoms with Crippen LogP contribution in [-0.2, 0) is 11.2 Å². The van der Waals surface area contributed by atoms with Crippen LogP contribution in [0.5, 0.6) is 0 Å². The van der Waals surface area contributed by atoms with Gasteiger partial charge in [-0.2, -0.15) is 0 Å². The molecule has 0 N–H and O–H groups in total. The maximum absolute atomic E-state index is 11.8. The number of carbonyl (C=O) groups excluding carboxylic acids is 1. The Morgan fingerprint density at radius 2 is 1.89 bits per heavy atom. The molecule has 0 bridgehead atoms. The number of carbonyl (C=O) groups is 1. The highest BCUT2D eigenvalue weighted by Crippen LogP contribution is 2.16. The van der Waals surface area contributed by atoms with Crippen molar-refractivity contribution >= 4 is 17.7 Å². The van der Waals surface area contributed by atoms with E-state index < -0.39 is 0 Å². The summed E-state index contributed by atoms with van der Waals surface area (Å²) in [5.74, 6) is 2.38. The topological polar surface area (TPSA) is 20.3 Å². The van der Waals surface area contributed by atoms with E-state index in [1.165, 1.54) is 24.8 Å². The minimum Gasteiger partial charge on any atom is -0.333 e. The molecule has 19 heavy (non-hydrogen) atoms. The summed E-state index contributed by atoms with van der Waals surface area (Å²) in [7, 11) is 0. The van der Waals surface area contributed by atoms with Crippen molar-refractivity contribution in [2.45, 2.75) is 38.5 Å². The fourth-order valence-corrected chi connectivity index (χ4v) is 3.34. The van der Waals surface area contributed by atoms with E-state index in [1.807, 2.05) is 16.7 Å². The van der Waals surface area contributed by atoms with Crippen molar-refractivity contribution in [2.24, 2.45) is 0 Å². The molecule has 1 fully saturated rings. The molecule has 0 spiro atoms. The zero-order chi connectivity index (χ0) is 13.3. The van der Waals surface area contributed by atoms with Gasteiger partial charge >= 0.3 is 0 Å². The summed E-state index contributed by atoms with van der Waals surface area (Å²) >= 11 is 1.86. The van der Waals surface area contributed by atoms with Crippen molar-refractivity contribution in [3.63, 3.8) is 0 Å². The first-order valence-electron chi connectivity index (χ1n) is 7.26. The lowest BCUT2D eigenvalue weighted by atomic mass is 10.1. The highest BCUT2D eigenvalue weighted by atomic mass is 32.2. The summed E-state index contributed by atoms with van der Waals surface area (Å²) in [5.41, 5.74) is 1.42. The Morgan fingerprint density at radius 1 is 1.11 bits per heavy atom. The second kappa shape index (κ2) is 8.26. The minimum absolute atomic E-state index is 0.355. The van der Waals surface area contributed by atoms with E-state index in [0.29, 0.717) is 5.91 Å². The van der Waals surface area contributed by atoms with Gasteiger partial charge in [0.15, 0.2) is 0 Å². The highest BCUT2D eigenvalue weighted by molar-refractivity contribution is 7.99. The van der Waals surface area contributed by atoms with Gasteiger partial charge in [0.05, 0.1) is 5.88 Å². The quantitative estimate of drug-likeness (QED) is 0.708. The van der Waals surface area contributed by atoms with E-state index in [1.54, 1.807) is 0 Å². The molecule has 3 heteroatoms. The molecule has 0 aliphatic carbocycles. The van der Waals surface area contributed by atoms with Crippen molar-refractivity contribution in [1.29, 1.82) is 0 Å². The molecule has 2 nitrogen and oxygen atoms in total. The van der Waals surface area contributed by atoms with Crippen molar-refractivity contribution in [2.75, 3.05) is 18.2 Å². The molecule has 0 radical (unpaired) electrons. The van der Waals surface area contributed by atoms with Crippen LogP contribution in [0.15, 0.2) is 30.3 Å². The summed E-state index contributed by atoms with van der Waals surface area (Å²) in [4.78, 5) is 13.8. The molecule has 0 atom stereocenters. The van der Waals surface area contributed by atoms with Crippen molar-refractivity contribution in [3.8, 4) is 0 Å². The van der Waals surface area contributed by atoms with Gasteiger partial charge in [0.25, 0.3) is 0 Å². The maximum atomic E-state index is 11.8. The monoisotopic (exact) mass is 277 g/mol. The standard InChI is InChI=1S/C16H23NOS/c18-16(17-12-13-19-14-17)11-7-2-1-4-8-15-9-5-3-6-10-15/h3,5-6,9-10H,1-2,4,7-8,11-14H2. The van der Waals surface area contributed by atoms with Gasteiger partial charge in [-0.05, 0) is 24.8 Å². The predicted octanol–water partition coefficient (Wildman–Crippen LogP) is 3.71. The lowest BCUT2D eigenvalue weighted by Crippen LogP contribution is -2.27. The molecular weight excluding hydrogens is 254 g/mol. The van der Waals surface area contributed by atoms with Crippen LogP contribution in [0.3, 0.4) is 0 Å². The fourth-order valence-electron chi connectivity index (χ4n) is 2.37. The van der Waals surface area contributed by atoms with Gasteiger partial charge in [-0.15, -0.1) is 11.8 Å². The van der Waals surface area contributed by atoms with Crippen LogP contribution in [0.4, 0.5) is 0 Å². The van der Waals surface area contributed by atoms with Gasteiger partial charge in [0, 0.05) is 18.7 Å². The van der Waals surface area contributed by atoms with Gasteiger partial charge in [0.1, 0.15) is 0 Å². The molecule has 0 saturated carbocycles. The fraction of sp³-hybridized carbons (Fsp3) is 0.562. The summed E-state index contributed by atoms with van der Waals surface area (Å²) in [6, 6.07) is 10.6. The zero-order valence-corrected chi connectivity index (χ0v) is 12.3. The lowest BCUT2D eigenvalue weighted by molar-refractivity contribution is -0.129. The van der Waals surface area contributed by atoms with E-state index in [0.717, 1.165) is 37.4 Å². The highest BCUT2D eigenvalue weighted by Gasteiger charge is 2.17. The molecule has 2 rings (SSSR count). The largest absolute Gasteiger partial charge is 0.333 e. The third kappa shape index (κ3) is 5.27. The van der Waals surface area contributed by atoms with Crippen LogP contribution in [0, 0.1) is 0 Å². The summed E-state index contributed by atoms with van der Waals surface area (Å²) in [6.45, 7) is 0.956. The Balaban J connectivity index is 1.49. The number of hydrogen-bond donors (Lipinski definition) is 0. The molecule has 0 aromatic heterocycles. The van der Waals surface area contributed by atoms with Crippen LogP contribution in [-0.4, -0.2) is 29.0 Å². The van der Waals surface area contributed by atoms with Crippen LogP contribution < -0.4 is 0 Å². The van der Waals surface area contributed by atoms with Gasteiger partial charge in [-0.1, -0.05) is 43.2 Å². The Kier molecular flexibility index (Phi) is 6.28. The smallest absolute Gasteiger partial charge is 0.223 e. The molecule has 1 aliphatic rings. The molecule has 1 aromatic rings. The number of rotatable bonds is 7. The molecule has 1 saturated heterocycles. The Labute approximate surface area is 120 Å². The van der Waals surface area contributed by atoms with E-state index in [2.05, 4.69) is 30.3 Å². The van der Waals surface area contributed by atoms with Gasteiger partial charge in [-0.25, -0.2) is 0 Å². The molecule has 1 amide bonds. The van der Waals surface area contributed by atoms with E-state index >= 15 is 0 Å². The number of hydrogen-bond acceptors (Lipinski definition) is 2. The number of unbranched alkanes of at least 4 members (excludes halogenated alkanes) is 3. The number of nitrogens with zero attached hydrogens (tertiary/aromatic N) is 1. The van der Waals surface area contributed by atoms with Crippen molar-refractivity contribution in [1.82, 2.24) is 4.90 Å². The van der Waals surface area contributed by atoms with E-state index in [9.17, 15) is 4.79 Å². The normalized spacial score (nSPS) is 14.8. The average molecular weight is 277 g/mol. The first kappa shape index (κ1) is 14.4. The SMILES string of the molecule is O=C(CCCCCCc1ccccc1)N1CCSC1. The molecule has 1 aromatic carbocycles. The second-order valence-electron chi connectivity index (χ2n) is 5.09. The van der Waals surface area contributed by atoms with E-state index in [-0.39, 0.29) is 0 Å². The molecular formula is C16H23NOS. The predicted molar refractivity (Wildman–Crippen MR) is 82.3 cm³/mol. The Hall–Kier alpha value is -0.960. The Morgan fingerprint density at radius 3 is 2.63 bits per heavy atom. The van der Waals surface area contributed by atoms with Crippen LogP contribution in [0.25, 0.3) is 0 Å². The number of amides is 1. The minimum atomic E-state index is 0.355. The number of aryl methyl sites for hydroxylation is 1. The van der Waals surface area contributed by atoms with Gasteiger partial charge in [-0.3, -0.25) is 4.79 Å². The first-order chi connectivity index (χ1) is 9.36. The summed E-state index contributed by atoms with van der Waals surface area (Å²) < 4.78 is 0. The third-order valence-corrected chi connectivity index (χ3v) is 4.52. The number of benzene rings is 1. The van der Waals surface area contributed by atoms with Crippen LogP contribution in [0.1, 0.15) is 37.7 Å². The molecule has 1 heterocycles. The lowest BCUT2D eigenvalue weighted by Gasteiger charge is -2.13. The first-order valence-corrected chi connectivity index (χ1v) is 8.41. The molecule has 1 aliphatic heterocycles.